The van der Waals surface area contributed by atoms with Crippen LogP contribution in [-0.2, 0) is 0 Å². The highest BCUT2D eigenvalue weighted by atomic mass is 14.0. The first kappa shape index (κ1) is 9.79. The van der Waals surface area contributed by atoms with Crippen molar-refractivity contribution in [2.24, 2.45) is 0 Å². The fraction of sp³-hybridized carbons (Fsp3) is 0.154. The molecule has 0 spiro atoms. The molecule has 0 atom stereocenters. The first-order valence-electron chi connectivity index (χ1n) is 4.24. The second kappa shape index (κ2) is 3.61. The van der Waals surface area contributed by atoms with E-state index in [1.807, 2.05) is 0 Å². The molecule has 0 aliphatic carbocycles. The van der Waals surface area contributed by atoms with Crippen molar-refractivity contribution in [1.29, 1.82) is 0 Å². The van der Waals surface area contributed by atoms with Crippen LogP contribution in [0.15, 0.2) is 36.4 Å². The summed E-state index contributed by atoms with van der Waals surface area (Å²) in [7, 11) is 0. The first-order chi connectivity index (χ1) is 5.79. The van der Waals surface area contributed by atoms with Gasteiger partial charge in [0.25, 0.3) is 0 Å². The molecule has 0 aliphatic rings. The molecule has 0 aromatic heterocycles. The van der Waals surface area contributed by atoms with E-state index >= 15 is 0 Å². The summed E-state index contributed by atoms with van der Waals surface area (Å²) in [6, 6.07) is 12.9. The molecule has 0 heterocycles. The molecule has 0 saturated heterocycles. The normalized spacial score (nSPS) is 9.69. The Labute approximate surface area is 80.2 Å². The van der Waals surface area contributed by atoms with E-state index in [1.54, 1.807) is 0 Å². The van der Waals surface area contributed by atoms with Crippen LogP contribution in [0.4, 0.5) is 0 Å². The molecule has 13 heavy (non-hydrogen) atoms. The lowest BCUT2D eigenvalue weighted by Crippen LogP contribution is -1.82. The molecule has 0 bridgehead atoms. The molecule has 0 unspecified atom stereocenters. The Balaban J connectivity index is 0.000000845. The lowest BCUT2D eigenvalue weighted by Gasteiger charge is -2.04. The van der Waals surface area contributed by atoms with Gasteiger partial charge in [0.05, 0.1) is 0 Å². The number of aryl methyl sites for hydroxylation is 2. The summed E-state index contributed by atoms with van der Waals surface area (Å²) < 4.78 is 0. The highest BCUT2D eigenvalue weighted by Crippen LogP contribution is 2.20. The van der Waals surface area contributed by atoms with Gasteiger partial charge in [-0.05, 0) is 43.2 Å². The van der Waals surface area contributed by atoms with E-state index in [1.165, 1.54) is 21.9 Å². The molecule has 0 nitrogen and oxygen atoms in total. The molecule has 0 fully saturated rings. The molecule has 0 saturated carbocycles. The third kappa shape index (κ3) is 1.57. The molecular formula is C13H13. The predicted molar refractivity (Wildman–Crippen MR) is 57.7 cm³/mol. The smallest absolute Gasteiger partial charge is 0.0152 e. The Morgan fingerprint density at radius 2 is 1.54 bits per heavy atom. The van der Waals surface area contributed by atoms with Crippen molar-refractivity contribution >= 4 is 10.8 Å². The average molecular weight is 169 g/mol. The van der Waals surface area contributed by atoms with Crippen LogP contribution >= 0.6 is 0 Å². The summed E-state index contributed by atoms with van der Waals surface area (Å²) >= 11 is 0. The van der Waals surface area contributed by atoms with Crippen molar-refractivity contribution in [2.75, 3.05) is 0 Å². The van der Waals surface area contributed by atoms with Crippen molar-refractivity contribution in [2.45, 2.75) is 13.8 Å². The van der Waals surface area contributed by atoms with E-state index in [9.17, 15) is 0 Å². The molecular weight excluding hydrogens is 156 g/mol. The molecule has 2 rings (SSSR count). The number of hydrogen-bond acceptors (Lipinski definition) is 0. The second-order valence-electron chi connectivity index (χ2n) is 3.23. The summed E-state index contributed by atoms with van der Waals surface area (Å²) in [5.74, 6) is 0. The monoisotopic (exact) mass is 169 g/mol. The minimum absolute atomic E-state index is 0. The molecule has 3 radical (unpaired) electrons. The van der Waals surface area contributed by atoms with E-state index in [0.29, 0.717) is 0 Å². The highest BCUT2D eigenvalue weighted by Gasteiger charge is 1.97. The van der Waals surface area contributed by atoms with Crippen molar-refractivity contribution < 1.29 is 0 Å². The third-order valence-corrected chi connectivity index (χ3v) is 2.47. The van der Waals surface area contributed by atoms with Gasteiger partial charge in [-0.15, -0.1) is 0 Å². The number of benzene rings is 2. The fourth-order valence-corrected chi connectivity index (χ4v) is 1.54. The Morgan fingerprint density at radius 3 is 2.31 bits per heavy atom. The third-order valence-electron chi connectivity index (χ3n) is 2.47. The van der Waals surface area contributed by atoms with Crippen LogP contribution in [0.2, 0.25) is 0 Å². The highest BCUT2D eigenvalue weighted by molar-refractivity contribution is 5.86. The van der Waals surface area contributed by atoms with Crippen LogP contribution < -0.4 is 0 Å². The quantitative estimate of drug-likeness (QED) is 0.564. The van der Waals surface area contributed by atoms with Gasteiger partial charge in [-0.25, -0.2) is 0 Å². The van der Waals surface area contributed by atoms with Crippen molar-refractivity contribution in [3.63, 3.8) is 0 Å². The van der Waals surface area contributed by atoms with E-state index < -0.39 is 0 Å². The Bertz CT molecular complexity index is 413. The Morgan fingerprint density at radius 1 is 0.846 bits per heavy atom. The zero-order chi connectivity index (χ0) is 8.55. The van der Waals surface area contributed by atoms with Gasteiger partial charge in [-0.2, -0.15) is 0 Å². The van der Waals surface area contributed by atoms with Crippen LogP contribution in [0.1, 0.15) is 11.1 Å². The van der Waals surface area contributed by atoms with E-state index in [2.05, 4.69) is 50.2 Å². The molecule has 0 N–H and O–H groups in total. The first-order valence-corrected chi connectivity index (χ1v) is 4.24. The Hall–Kier alpha value is -1.30. The molecule has 65 valence electrons. The minimum Gasteiger partial charge on any atom is -0.0616 e. The number of rotatable bonds is 0. The Kier molecular flexibility index (Phi) is 2.72. The summed E-state index contributed by atoms with van der Waals surface area (Å²) in [5.41, 5.74) is 2.77. The fourth-order valence-electron chi connectivity index (χ4n) is 1.54. The molecule has 0 amide bonds. The van der Waals surface area contributed by atoms with Crippen LogP contribution in [0.5, 0.6) is 0 Å². The SMILES string of the molecule is Cc1ccc2ccccc2c1C.[CH]. The standard InChI is InChI=1S/C12H12.CH/c1-9-7-8-11-5-3-4-6-12(11)10(9)2;/h3-8H,1-2H3;1H. The van der Waals surface area contributed by atoms with Crippen LogP contribution in [-0.4, -0.2) is 0 Å². The minimum atomic E-state index is 0. The average Bonchev–Trinajstić information content (AvgIpc) is 2.12. The topological polar surface area (TPSA) is 0 Å². The molecule has 0 heteroatoms. The van der Waals surface area contributed by atoms with E-state index in [0.717, 1.165) is 0 Å². The summed E-state index contributed by atoms with van der Waals surface area (Å²) in [4.78, 5) is 0. The van der Waals surface area contributed by atoms with E-state index in [4.69, 9.17) is 0 Å². The van der Waals surface area contributed by atoms with Crippen LogP contribution in [0.25, 0.3) is 10.8 Å². The van der Waals surface area contributed by atoms with E-state index in [-0.39, 0.29) is 7.43 Å². The largest absolute Gasteiger partial charge is 0.0616 e. The molecule has 2 aromatic carbocycles. The molecule has 0 aliphatic heterocycles. The van der Waals surface area contributed by atoms with Gasteiger partial charge >= 0.3 is 0 Å². The van der Waals surface area contributed by atoms with Crippen LogP contribution in [0, 0.1) is 21.3 Å². The lowest BCUT2D eigenvalue weighted by atomic mass is 10.0. The van der Waals surface area contributed by atoms with Gasteiger partial charge in [0, 0.05) is 0 Å². The van der Waals surface area contributed by atoms with Gasteiger partial charge in [-0.3, -0.25) is 0 Å². The van der Waals surface area contributed by atoms with Gasteiger partial charge in [0.2, 0.25) is 0 Å². The van der Waals surface area contributed by atoms with Crippen molar-refractivity contribution in [1.82, 2.24) is 0 Å². The van der Waals surface area contributed by atoms with Gasteiger partial charge in [0.15, 0.2) is 0 Å². The zero-order valence-electron chi connectivity index (χ0n) is 8.04. The summed E-state index contributed by atoms with van der Waals surface area (Å²) in [6.45, 7) is 4.33. The molecule has 2 aromatic rings. The summed E-state index contributed by atoms with van der Waals surface area (Å²) in [6.07, 6.45) is 0. The van der Waals surface area contributed by atoms with Gasteiger partial charge < -0.3 is 0 Å². The second-order valence-corrected chi connectivity index (χ2v) is 3.23. The van der Waals surface area contributed by atoms with Crippen molar-refractivity contribution in [3.05, 3.63) is 55.0 Å². The maximum absolute atomic E-state index is 2.18. The van der Waals surface area contributed by atoms with Crippen LogP contribution in [0.3, 0.4) is 0 Å². The van der Waals surface area contributed by atoms with Crippen molar-refractivity contribution in [3.8, 4) is 0 Å². The zero-order valence-corrected chi connectivity index (χ0v) is 8.04. The lowest BCUT2D eigenvalue weighted by molar-refractivity contribution is 1.38. The van der Waals surface area contributed by atoms with Gasteiger partial charge in [0.1, 0.15) is 0 Å². The number of hydrogen-bond donors (Lipinski definition) is 0. The van der Waals surface area contributed by atoms with Gasteiger partial charge in [-0.1, -0.05) is 36.4 Å². The number of fused-ring (bicyclic) bond motifs is 1. The predicted octanol–water partition coefficient (Wildman–Crippen LogP) is 3.66. The summed E-state index contributed by atoms with van der Waals surface area (Å²) in [5, 5.41) is 2.71. The maximum Gasteiger partial charge on any atom is -0.0152 e. The maximum atomic E-state index is 2.18.